The van der Waals surface area contributed by atoms with Crippen LogP contribution in [0.25, 0.3) is 0 Å². The minimum atomic E-state index is -0.209. The lowest BCUT2D eigenvalue weighted by Gasteiger charge is -2.07. The van der Waals surface area contributed by atoms with Crippen molar-refractivity contribution < 1.29 is 0 Å². The molecule has 0 atom stereocenters. The molecule has 0 radical (unpaired) electrons. The van der Waals surface area contributed by atoms with E-state index in [1.807, 2.05) is 36.4 Å². The molecule has 14 heavy (non-hydrogen) atoms. The molecule has 0 saturated carbocycles. The van der Waals surface area contributed by atoms with Gasteiger partial charge in [-0.1, -0.05) is 6.92 Å². The normalized spacial score (nSPS) is 10.5. The molecule has 0 amide bonds. The van der Waals surface area contributed by atoms with Crippen molar-refractivity contribution in [1.82, 2.24) is 9.13 Å². The molecule has 0 unspecified atom stereocenters. The second-order valence-electron chi connectivity index (χ2n) is 3.00. The highest BCUT2D eigenvalue weighted by Gasteiger charge is 2.07. The van der Waals surface area contributed by atoms with Gasteiger partial charge in [0.15, 0.2) is 0 Å². The number of nitrogens with zero attached hydrogens (tertiary/aromatic N) is 2. The maximum Gasteiger partial charge on any atom is 0.331 e. The van der Waals surface area contributed by atoms with Crippen molar-refractivity contribution in [2.24, 2.45) is 0 Å². The van der Waals surface area contributed by atoms with Crippen LogP contribution in [0.3, 0.4) is 0 Å². The molecule has 78 valence electrons. The largest absolute Gasteiger partial charge is 0.331 e. The molecule has 4 nitrogen and oxygen atoms in total. The van der Waals surface area contributed by atoms with Crippen molar-refractivity contribution in [2.45, 2.75) is 33.4 Å². The Bertz CT molecular complexity index is 433. The second kappa shape index (κ2) is 4.77. The molecule has 0 aromatic carbocycles. The van der Waals surface area contributed by atoms with Crippen LogP contribution in [0.15, 0.2) is 15.8 Å². The van der Waals surface area contributed by atoms with Crippen LogP contribution in [0, 0.1) is 3.57 Å². The zero-order valence-electron chi connectivity index (χ0n) is 8.29. The molecule has 0 aliphatic rings. The van der Waals surface area contributed by atoms with Crippen LogP contribution >= 0.6 is 22.6 Å². The van der Waals surface area contributed by atoms with Crippen molar-refractivity contribution in [3.05, 3.63) is 30.6 Å². The van der Waals surface area contributed by atoms with Gasteiger partial charge in [0.2, 0.25) is 0 Å². The first-order valence-corrected chi connectivity index (χ1v) is 5.69. The molecule has 0 fully saturated rings. The lowest BCUT2D eigenvalue weighted by atomic mass is 10.4. The molecule has 1 aromatic heterocycles. The van der Waals surface area contributed by atoms with Gasteiger partial charge in [0.1, 0.15) is 0 Å². The van der Waals surface area contributed by atoms with Crippen molar-refractivity contribution >= 4 is 22.6 Å². The Morgan fingerprint density at radius 1 is 1.36 bits per heavy atom. The molecule has 0 spiro atoms. The van der Waals surface area contributed by atoms with Gasteiger partial charge in [0.25, 0.3) is 5.56 Å². The molecule has 0 bridgehead atoms. The number of hydrogen-bond donors (Lipinski definition) is 0. The number of aromatic nitrogens is 2. The van der Waals surface area contributed by atoms with E-state index >= 15 is 0 Å². The number of aryl methyl sites for hydroxylation is 1. The SMILES string of the molecule is CCCn1c(=O)c(I)cn(CC)c1=O. The van der Waals surface area contributed by atoms with E-state index < -0.39 is 0 Å². The fourth-order valence-corrected chi connectivity index (χ4v) is 1.89. The highest BCUT2D eigenvalue weighted by molar-refractivity contribution is 14.1. The zero-order valence-corrected chi connectivity index (χ0v) is 10.4. The summed E-state index contributed by atoms with van der Waals surface area (Å²) < 4.78 is 3.45. The number of halogens is 1. The van der Waals surface area contributed by atoms with Crippen LogP contribution in [-0.2, 0) is 13.1 Å². The number of rotatable bonds is 3. The van der Waals surface area contributed by atoms with Gasteiger partial charge < -0.3 is 0 Å². The van der Waals surface area contributed by atoms with Gasteiger partial charge in [-0.2, -0.15) is 0 Å². The second-order valence-corrected chi connectivity index (χ2v) is 4.16. The van der Waals surface area contributed by atoms with Gasteiger partial charge in [-0.3, -0.25) is 13.9 Å². The molecule has 0 N–H and O–H groups in total. The summed E-state index contributed by atoms with van der Waals surface area (Å²) in [5.41, 5.74) is -0.387. The third kappa shape index (κ3) is 2.08. The third-order valence-corrected chi connectivity index (χ3v) is 2.72. The fraction of sp³-hybridized carbons (Fsp3) is 0.556. The molecule has 0 saturated heterocycles. The molecule has 1 rings (SSSR count). The van der Waals surface area contributed by atoms with E-state index in [1.54, 1.807) is 10.8 Å². The Morgan fingerprint density at radius 2 is 2.00 bits per heavy atom. The Hall–Kier alpha value is -0.590. The fourth-order valence-electron chi connectivity index (χ4n) is 1.27. The topological polar surface area (TPSA) is 44.0 Å². The van der Waals surface area contributed by atoms with Crippen molar-refractivity contribution in [3.8, 4) is 0 Å². The standard InChI is InChI=1S/C9H13IN2O2/c1-3-5-12-8(13)7(10)6-11(4-2)9(12)14/h6H,3-5H2,1-2H3. The van der Waals surface area contributed by atoms with Gasteiger partial charge in [0, 0.05) is 19.3 Å². The van der Waals surface area contributed by atoms with E-state index in [-0.39, 0.29) is 11.2 Å². The zero-order chi connectivity index (χ0) is 10.7. The molecule has 0 aliphatic carbocycles. The minimum Gasteiger partial charge on any atom is -0.300 e. The summed E-state index contributed by atoms with van der Waals surface area (Å²) in [7, 11) is 0. The minimum absolute atomic E-state index is 0.179. The summed E-state index contributed by atoms with van der Waals surface area (Å²) in [6, 6.07) is 0. The smallest absolute Gasteiger partial charge is 0.300 e. The molecular weight excluding hydrogens is 295 g/mol. The summed E-state index contributed by atoms with van der Waals surface area (Å²) in [4.78, 5) is 23.3. The lowest BCUT2D eigenvalue weighted by Crippen LogP contribution is -2.40. The Morgan fingerprint density at radius 3 is 2.50 bits per heavy atom. The summed E-state index contributed by atoms with van der Waals surface area (Å²) in [5, 5.41) is 0. The van der Waals surface area contributed by atoms with Gasteiger partial charge in [0.05, 0.1) is 3.57 Å². The van der Waals surface area contributed by atoms with Crippen molar-refractivity contribution in [3.63, 3.8) is 0 Å². The first-order chi connectivity index (χ1) is 6.61. The van der Waals surface area contributed by atoms with Crippen LogP contribution in [0.5, 0.6) is 0 Å². The Balaban J connectivity index is 3.45. The molecule has 5 heteroatoms. The van der Waals surface area contributed by atoms with Gasteiger partial charge in [-0.25, -0.2) is 4.79 Å². The van der Waals surface area contributed by atoms with E-state index in [2.05, 4.69) is 0 Å². The predicted molar refractivity (Wildman–Crippen MR) is 63.6 cm³/mol. The monoisotopic (exact) mass is 308 g/mol. The first kappa shape index (κ1) is 11.5. The van der Waals surface area contributed by atoms with Crippen molar-refractivity contribution in [2.75, 3.05) is 0 Å². The van der Waals surface area contributed by atoms with E-state index in [1.165, 1.54) is 4.57 Å². The van der Waals surface area contributed by atoms with E-state index in [4.69, 9.17) is 0 Å². The number of hydrogen-bond acceptors (Lipinski definition) is 2. The summed E-state index contributed by atoms with van der Waals surface area (Å²) in [6.45, 7) is 4.92. The van der Waals surface area contributed by atoms with E-state index in [0.717, 1.165) is 6.42 Å². The molecule has 0 aliphatic heterocycles. The average Bonchev–Trinajstić information content (AvgIpc) is 2.18. The lowest BCUT2D eigenvalue weighted by molar-refractivity contribution is 0.554. The van der Waals surface area contributed by atoms with Gasteiger partial charge >= 0.3 is 5.69 Å². The van der Waals surface area contributed by atoms with Crippen LogP contribution in [0.1, 0.15) is 20.3 Å². The Kier molecular flexibility index (Phi) is 3.91. The summed E-state index contributed by atoms with van der Waals surface area (Å²) in [6.07, 6.45) is 2.40. The highest BCUT2D eigenvalue weighted by Crippen LogP contribution is 1.94. The predicted octanol–water partition coefficient (Wildman–Crippen LogP) is 1.04. The first-order valence-electron chi connectivity index (χ1n) is 4.61. The maximum absolute atomic E-state index is 11.7. The van der Waals surface area contributed by atoms with Crippen molar-refractivity contribution in [1.29, 1.82) is 0 Å². The van der Waals surface area contributed by atoms with Gasteiger partial charge in [-0.05, 0) is 35.9 Å². The maximum atomic E-state index is 11.7. The molecule has 1 heterocycles. The van der Waals surface area contributed by atoms with E-state index in [9.17, 15) is 9.59 Å². The van der Waals surface area contributed by atoms with Crippen LogP contribution in [-0.4, -0.2) is 9.13 Å². The van der Waals surface area contributed by atoms with Crippen LogP contribution < -0.4 is 11.2 Å². The third-order valence-electron chi connectivity index (χ3n) is 1.98. The quantitative estimate of drug-likeness (QED) is 0.783. The summed E-state index contributed by atoms with van der Waals surface area (Å²) >= 11 is 1.96. The van der Waals surface area contributed by atoms with E-state index in [0.29, 0.717) is 16.7 Å². The molecular formula is C9H13IN2O2. The summed E-state index contributed by atoms with van der Waals surface area (Å²) in [5.74, 6) is 0. The molecule has 1 aromatic rings. The van der Waals surface area contributed by atoms with Crippen LogP contribution in [0.4, 0.5) is 0 Å². The highest BCUT2D eigenvalue weighted by atomic mass is 127. The average molecular weight is 308 g/mol. The van der Waals surface area contributed by atoms with Gasteiger partial charge in [-0.15, -0.1) is 0 Å². The Labute approximate surface area is 95.7 Å². The van der Waals surface area contributed by atoms with Crippen LogP contribution in [0.2, 0.25) is 0 Å².